The first-order valence-corrected chi connectivity index (χ1v) is 4.48. The molecule has 0 radical (unpaired) electrons. The van der Waals surface area contributed by atoms with Crippen molar-refractivity contribution in [2.45, 2.75) is 26.2 Å². The summed E-state index contributed by atoms with van der Waals surface area (Å²) in [5.74, 6) is -0.158. The van der Waals surface area contributed by atoms with Gasteiger partial charge in [0.1, 0.15) is 0 Å². The van der Waals surface area contributed by atoms with Crippen molar-refractivity contribution >= 4 is 5.97 Å². The van der Waals surface area contributed by atoms with Crippen LogP contribution in [0.5, 0.6) is 0 Å². The Morgan fingerprint density at radius 1 is 1.50 bits per heavy atom. The smallest absolute Gasteiger partial charge is 0.306 e. The number of hydrogen-bond acceptors (Lipinski definition) is 2. The molecule has 1 rings (SSSR count). The predicted molar refractivity (Wildman–Crippen MR) is 44.7 cm³/mol. The first kappa shape index (κ1) is 9.52. The van der Waals surface area contributed by atoms with E-state index in [9.17, 15) is 4.79 Å². The van der Waals surface area contributed by atoms with Crippen molar-refractivity contribution in [2.24, 2.45) is 17.8 Å². The van der Waals surface area contributed by atoms with Crippen LogP contribution in [-0.4, -0.2) is 22.8 Å². The van der Waals surface area contributed by atoms with Gasteiger partial charge >= 0.3 is 5.97 Å². The van der Waals surface area contributed by atoms with Crippen LogP contribution in [0.2, 0.25) is 0 Å². The second kappa shape index (κ2) is 3.90. The molecule has 0 aliphatic heterocycles. The van der Waals surface area contributed by atoms with E-state index in [-0.39, 0.29) is 18.4 Å². The minimum Gasteiger partial charge on any atom is -0.481 e. The number of aliphatic hydroxyl groups excluding tert-OH is 1. The number of carboxylic acid groups (broad SMARTS) is 1. The zero-order valence-corrected chi connectivity index (χ0v) is 7.36. The average Bonchev–Trinajstić information content (AvgIpc) is 2.32. The van der Waals surface area contributed by atoms with E-state index in [1.165, 1.54) is 0 Å². The predicted octanol–water partition coefficient (Wildman–Crippen LogP) is 1.12. The summed E-state index contributed by atoms with van der Waals surface area (Å²) >= 11 is 0. The summed E-state index contributed by atoms with van der Waals surface area (Å²) in [6.07, 6.45) is 2.46. The van der Waals surface area contributed by atoms with Gasteiger partial charge in [0.25, 0.3) is 0 Å². The monoisotopic (exact) mass is 172 g/mol. The van der Waals surface area contributed by atoms with Crippen molar-refractivity contribution in [3.63, 3.8) is 0 Å². The molecule has 3 nitrogen and oxygen atoms in total. The topological polar surface area (TPSA) is 57.5 Å². The normalized spacial score (nSPS) is 35.3. The molecular weight excluding hydrogens is 156 g/mol. The quantitative estimate of drug-likeness (QED) is 0.670. The number of carbonyl (C=O) groups is 1. The summed E-state index contributed by atoms with van der Waals surface area (Å²) in [5.41, 5.74) is 0. The zero-order chi connectivity index (χ0) is 9.14. The van der Waals surface area contributed by atoms with Crippen LogP contribution >= 0.6 is 0 Å². The van der Waals surface area contributed by atoms with Crippen LogP contribution in [0.25, 0.3) is 0 Å². The highest BCUT2D eigenvalue weighted by Gasteiger charge is 2.35. The van der Waals surface area contributed by atoms with E-state index in [2.05, 4.69) is 0 Å². The fraction of sp³-hybridized carbons (Fsp3) is 0.889. The first-order chi connectivity index (χ1) is 5.65. The summed E-state index contributed by atoms with van der Waals surface area (Å²) in [6.45, 7) is 2.17. The van der Waals surface area contributed by atoms with Crippen LogP contribution in [0, 0.1) is 17.8 Å². The van der Waals surface area contributed by atoms with Crippen LogP contribution in [0.1, 0.15) is 26.2 Å². The maximum atomic E-state index is 10.7. The van der Waals surface area contributed by atoms with E-state index < -0.39 is 5.97 Å². The van der Waals surface area contributed by atoms with Gasteiger partial charge in [0, 0.05) is 6.61 Å². The molecule has 0 amide bonds. The average molecular weight is 172 g/mol. The second-order valence-corrected chi connectivity index (χ2v) is 3.77. The van der Waals surface area contributed by atoms with Gasteiger partial charge in [-0.15, -0.1) is 0 Å². The number of carboxylic acids is 1. The molecule has 0 aromatic rings. The molecule has 12 heavy (non-hydrogen) atoms. The van der Waals surface area contributed by atoms with Gasteiger partial charge in [-0.1, -0.05) is 6.92 Å². The summed E-state index contributed by atoms with van der Waals surface area (Å²) < 4.78 is 0. The molecule has 1 saturated carbocycles. The Hall–Kier alpha value is -0.570. The molecular formula is C9H16O3. The van der Waals surface area contributed by atoms with Gasteiger partial charge in [-0.3, -0.25) is 4.79 Å². The van der Waals surface area contributed by atoms with Crippen LogP contribution in [-0.2, 0) is 4.79 Å². The lowest BCUT2D eigenvalue weighted by molar-refractivity contribution is -0.142. The molecule has 3 unspecified atom stereocenters. The van der Waals surface area contributed by atoms with Gasteiger partial charge < -0.3 is 10.2 Å². The molecule has 3 heteroatoms. The Kier molecular flexibility index (Phi) is 3.09. The molecule has 3 atom stereocenters. The number of aliphatic carboxylic acids is 1. The highest BCUT2D eigenvalue weighted by Crippen LogP contribution is 2.37. The Labute approximate surface area is 72.4 Å². The molecule has 1 fully saturated rings. The third-order valence-corrected chi connectivity index (χ3v) is 2.83. The molecule has 0 spiro atoms. The summed E-state index contributed by atoms with van der Waals surface area (Å²) in [5, 5.41) is 17.5. The minimum absolute atomic E-state index is 0.179. The molecule has 2 N–H and O–H groups in total. The molecule has 70 valence electrons. The van der Waals surface area contributed by atoms with Gasteiger partial charge in [0.05, 0.1) is 5.92 Å². The van der Waals surface area contributed by atoms with Gasteiger partial charge in [-0.25, -0.2) is 0 Å². The van der Waals surface area contributed by atoms with E-state index in [1.54, 1.807) is 0 Å². The van der Waals surface area contributed by atoms with Crippen molar-refractivity contribution in [1.29, 1.82) is 0 Å². The Morgan fingerprint density at radius 3 is 2.58 bits per heavy atom. The Morgan fingerprint density at radius 2 is 2.17 bits per heavy atom. The molecule has 0 bridgehead atoms. The Balaban J connectivity index is 2.44. The first-order valence-electron chi connectivity index (χ1n) is 4.48. The maximum absolute atomic E-state index is 10.7. The lowest BCUT2D eigenvalue weighted by Gasteiger charge is -2.07. The number of rotatable bonds is 3. The molecule has 0 heterocycles. The second-order valence-electron chi connectivity index (χ2n) is 3.77. The van der Waals surface area contributed by atoms with E-state index in [0.717, 1.165) is 19.3 Å². The number of hydrogen-bond donors (Lipinski definition) is 2. The zero-order valence-electron chi connectivity index (χ0n) is 7.36. The van der Waals surface area contributed by atoms with Crippen molar-refractivity contribution in [3.8, 4) is 0 Å². The van der Waals surface area contributed by atoms with Crippen LogP contribution in [0.3, 0.4) is 0 Å². The molecule has 0 saturated heterocycles. The maximum Gasteiger partial charge on any atom is 0.306 e. The van der Waals surface area contributed by atoms with E-state index in [0.29, 0.717) is 5.92 Å². The highest BCUT2D eigenvalue weighted by molar-refractivity contribution is 5.70. The lowest BCUT2D eigenvalue weighted by Crippen LogP contribution is -2.15. The Bertz CT molecular complexity index is 167. The van der Waals surface area contributed by atoms with E-state index in [1.807, 2.05) is 6.92 Å². The van der Waals surface area contributed by atoms with Crippen molar-refractivity contribution < 1.29 is 15.0 Å². The molecule has 0 aromatic carbocycles. The van der Waals surface area contributed by atoms with Crippen molar-refractivity contribution in [3.05, 3.63) is 0 Å². The van der Waals surface area contributed by atoms with E-state index >= 15 is 0 Å². The van der Waals surface area contributed by atoms with Gasteiger partial charge in [0.2, 0.25) is 0 Å². The molecule has 1 aliphatic rings. The van der Waals surface area contributed by atoms with Gasteiger partial charge in [-0.2, -0.15) is 0 Å². The van der Waals surface area contributed by atoms with Gasteiger partial charge in [-0.05, 0) is 31.1 Å². The summed E-state index contributed by atoms with van der Waals surface area (Å²) in [6, 6.07) is 0. The summed E-state index contributed by atoms with van der Waals surface area (Å²) in [7, 11) is 0. The third kappa shape index (κ3) is 1.97. The van der Waals surface area contributed by atoms with Crippen LogP contribution in [0.4, 0.5) is 0 Å². The lowest BCUT2D eigenvalue weighted by atomic mass is 9.99. The molecule has 1 aliphatic carbocycles. The standard InChI is InChI=1S/C9H16O3/c1-6-4-7(2-3-10)5-8(6)9(11)12/h6-8,10H,2-5H2,1H3,(H,11,12). The van der Waals surface area contributed by atoms with E-state index in [4.69, 9.17) is 10.2 Å². The minimum atomic E-state index is -0.678. The van der Waals surface area contributed by atoms with Gasteiger partial charge in [0.15, 0.2) is 0 Å². The van der Waals surface area contributed by atoms with Crippen LogP contribution in [0.15, 0.2) is 0 Å². The number of aliphatic hydroxyl groups is 1. The largest absolute Gasteiger partial charge is 0.481 e. The highest BCUT2D eigenvalue weighted by atomic mass is 16.4. The third-order valence-electron chi connectivity index (χ3n) is 2.83. The van der Waals surface area contributed by atoms with Crippen molar-refractivity contribution in [1.82, 2.24) is 0 Å². The summed E-state index contributed by atoms with van der Waals surface area (Å²) in [4.78, 5) is 10.7. The fourth-order valence-electron chi connectivity index (χ4n) is 2.14. The van der Waals surface area contributed by atoms with Crippen LogP contribution < -0.4 is 0 Å². The van der Waals surface area contributed by atoms with Crippen molar-refractivity contribution in [2.75, 3.05) is 6.61 Å². The fourth-order valence-corrected chi connectivity index (χ4v) is 2.14. The SMILES string of the molecule is CC1CC(CCO)CC1C(=O)O. The molecule has 0 aromatic heterocycles.